The number of nitrogens with one attached hydrogen (secondary N) is 1. The second-order valence-electron chi connectivity index (χ2n) is 4.05. The van der Waals surface area contributed by atoms with Crippen LogP contribution < -0.4 is 4.72 Å². The fourth-order valence-corrected chi connectivity index (χ4v) is 3.44. The zero-order chi connectivity index (χ0) is 12.5. The summed E-state index contributed by atoms with van der Waals surface area (Å²) in [6.45, 7) is 0. The second kappa shape index (κ2) is 5.06. The molecule has 0 aromatic heterocycles. The van der Waals surface area contributed by atoms with Gasteiger partial charge in [0.25, 0.3) is 0 Å². The van der Waals surface area contributed by atoms with Crippen LogP contribution in [-0.4, -0.2) is 16.0 Å². The van der Waals surface area contributed by atoms with Crippen molar-refractivity contribution in [3.63, 3.8) is 0 Å². The third-order valence-electron chi connectivity index (χ3n) is 2.88. The Labute approximate surface area is 112 Å². The number of hydrogen-bond acceptors (Lipinski definition) is 2. The summed E-state index contributed by atoms with van der Waals surface area (Å²) < 4.78 is 14.9. The molecule has 2 rings (SSSR count). The zero-order valence-electron chi connectivity index (χ0n) is 8.91. The molecule has 1 saturated carbocycles. The number of halogens is 2. The van der Waals surface area contributed by atoms with Crippen LogP contribution in [-0.2, 0) is 15.8 Å². The fourth-order valence-electron chi connectivity index (χ4n) is 1.67. The number of benzene rings is 1. The minimum Gasteiger partial charge on any atom is -0.301 e. The molecule has 1 aromatic rings. The quantitative estimate of drug-likeness (QED) is 0.867. The molecule has 1 aliphatic rings. The van der Waals surface area contributed by atoms with E-state index in [1.54, 1.807) is 18.2 Å². The van der Waals surface area contributed by atoms with E-state index in [2.05, 4.69) is 4.72 Å². The monoisotopic (exact) mass is 291 g/mol. The lowest BCUT2D eigenvalue weighted by atomic mass is 9.79. The van der Waals surface area contributed by atoms with Crippen LogP contribution in [0.25, 0.3) is 0 Å². The highest BCUT2D eigenvalue weighted by molar-refractivity contribution is 7.83. The van der Waals surface area contributed by atoms with Crippen LogP contribution in [0.15, 0.2) is 23.1 Å². The van der Waals surface area contributed by atoms with E-state index in [4.69, 9.17) is 23.2 Å². The molecule has 1 aromatic carbocycles. The normalized spacial score (nSPS) is 19.4. The molecular formula is C11H11Cl2NO2S. The summed E-state index contributed by atoms with van der Waals surface area (Å²) in [6, 6.07) is 4.94. The van der Waals surface area contributed by atoms with Gasteiger partial charge >= 0.3 is 0 Å². The Morgan fingerprint density at radius 1 is 1.35 bits per heavy atom. The maximum absolute atomic E-state index is 12.1. The molecule has 17 heavy (non-hydrogen) atoms. The summed E-state index contributed by atoms with van der Waals surface area (Å²) in [6.07, 6.45) is 3.21. The Hall–Kier alpha value is -0.420. The number of rotatable bonds is 4. The first-order valence-electron chi connectivity index (χ1n) is 5.18. The van der Waals surface area contributed by atoms with Gasteiger partial charge in [0.05, 0.1) is 20.5 Å². The highest BCUT2D eigenvalue weighted by atomic mass is 35.5. The van der Waals surface area contributed by atoms with Gasteiger partial charge < -0.3 is 4.79 Å². The van der Waals surface area contributed by atoms with E-state index < -0.39 is 16.5 Å². The molecule has 0 saturated heterocycles. The molecule has 3 nitrogen and oxygen atoms in total. The van der Waals surface area contributed by atoms with E-state index in [0.29, 0.717) is 22.8 Å². The molecule has 1 fully saturated rings. The van der Waals surface area contributed by atoms with Crippen molar-refractivity contribution in [2.24, 2.45) is 0 Å². The lowest BCUT2D eigenvalue weighted by Crippen LogP contribution is -2.52. The van der Waals surface area contributed by atoms with Gasteiger partial charge in [-0.3, -0.25) is 0 Å². The summed E-state index contributed by atoms with van der Waals surface area (Å²) >= 11 is 11.8. The molecule has 1 unspecified atom stereocenters. The predicted octanol–water partition coefficient (Wildman–Crippen LogP) is 2.73. The van der Waals surface area contributed by atoms with Crippen molar-refractivity contribution in [2.45, 2.75) is 29.7 Å². The van der Waals surface area contributed by atoms with E-state index in [0.717, 1.165) is 12.7 Å². The zero-order valence-corrected chi connectivity index (χ0v) is 11.2. The number of carbonyl (C=O) groups is 1. The summed E-state index contributed by atoms with van der Waals surface area (Å²) in [7, 11) is -1.52. The molecule has 0 spiro atoms. The van der Waals surface area contributed by atoms with Crippen molar-refractivity contribution in [2.75, 3.05) is 0 Å². The van der Waals surface area contributed by atoms with Gasteiger partial charge in [-0.05, 0) is 31.4 Å². The van der Waals surface area contributed by atoms with E-state index >= 15 is 0 Å². The minimum atomic E-state index is -1.52. The number of carbonyl (C=O) groups excluding carboxylic acids is 1. The van der Waals surface area contributed by atoms with Crippen LogP contribution in [0.2, 0.25) is 10.0 Å². The number of aldehydes is 1. The van der Waals surface area contributed by atoms with Gasteiger partial charge in [-0.25, -0.2) is 8.93 Å². The van der Waals surface area contributed by atoms with Gasteiger partial charge in [-0.15, -0.1) is 0 Å². The van der Waals surface area contributed by atoms with Crippen molar-refractivity contribution in [1.29, 1.82) is 0 Å². The Morgan fingerprint density at radius 3 is 2.59 bits per heavy atom. The van der Waals surface area contributed by atoms with Crippen LogP contribution in [0.4, 0.5) is 0 Å². The van der Waals surface area contributed by atoms with Gasteiger partial charge in [-0.1, -0.05) is 29.3 Å². The van der Waals surface area contributed by atoms with Crippen molar-refractivity contribution >= 4 is 40.5 Å². The van der Waals surface area contributed by atoms with Crippen LogP contribution in [0.3, 0.4) is 0 Å². The number of hydrogen-bond donors (Lipinski definition) is 1. The lowest BCUT2D eigenvalue weighted by molar-refractivity contribution is -0.115. The average Bonchev–Trinajstić information content (AvgIpc) is 2.27. The smallest absolute Gasteiger partial charge is 0.140 e. The molecule has 1 aliphatic carbocycles. The Kier molecular flexibility index (Phi) is 3.88. The Morgan fingerprint density at radius 2 is 2.06 bits per heavy atom. The van der Waals surface area contributed by atoms with Crippen molar-refractivity contribution in [3.8, 4) is 0 Å². The van der Waals surface area contributed by atoms with Gasteiger partial charge in [0.1, 0.15) is 17.3 Å². The van der Waals surface area contributed by atoms with Gasteiger partial charge in [0, 0.05) is 0 Å². The lowest BCUT2D eigenvalue weighted by Gasteiger charge is -2.36. The van der Waals surface area contributed by atoms with E-state index in [1.165, 1.54) is 0 Å². The molecular weight excluding hydrogens is 281 g/mol. The average molecular weight is 292 g/mol. The van der Waals surface area contributed by atoms with Gasteiger partial charge in [0.2, 0.25) is 0 Å². The van der Waals surface area contributed by atoms with Crippen molar-refractivity contribution in [3.05, 3.63) is 28.2 Å². The van der Waals surface area contributed by atoms with E-state index in [9.17, 15) is 9.00 Å². The predicted molar refractivity (Wildman–Crippen MR) is 68.7 cm³/mol. The summed E-state index contributed by atoms with van der Waals surface area (Å²) in [5, 5.41) is 0.619. The van der Waals surface area contributed by atoms with Crippen LogP contribution >= 0.6 is 23.2 Å². The summed E-state index contributed by atoms with van der Waals surface area (Å²) in [5.74, 6) is 0. The molecule has 0 amide bonds. The SMILES string of the molecule is O=CC1(NS(=O)c2cccc(Cl)c2Cl)CCC1. The highest BCUT2D eigenvalue weighted by Gasteiger charge is 2.38. The van der Waals surface area contributed by atoms with Crippen molar-refractivity contribution in [1.82, 2.24) is 4.72 Å². The molecule has 92 valence electrons. The molecule has 1 N–H and O–H groups in total. The van der Waals surface area contributed by atoms with Crippen molar-refractivity contribution < 1.29 is 9.00 Å². The first-order valence-corrected chi connectivity index (χ1v) is 7.08. The standard InChI is InChI=1S/C11H11Cl2NO2S/c12-8-3-1-4-9(10(8)13)17(16)14-11(7-15)5-2-6-11/h1,3-4,7,14H,2,5-6H2. The van der Waals surface area contributed by atoms with Crippen LogP contribution in [0.5, 0.6) is 0 Å². The summed E-state index contributed by atoms with van der Waals surface area (Å²) in [5.41, 5.74) is -0.656. The molecule has 0 radical (unpaired) electrons. The van der Waals surface area contributed by atoms with Gasteiger partial charge in [-0.2, -0.15) is 0 Å². The van der Waals surface area contributed by atoms with E-state index in [1.807, 2.05) is 0 Å². The molecule has 1 atom stereocenters. The van der Waals surface area contributed by atoms with Crippen LogP contribution in [0.1, 0.15) is 19.3 Å². The van der Waals surface area contributed by atoms with Crippen LogP contribution in [0, 0.1) is 0 Å². The minimum absolute atomic E-state index is 0.264. The molecule has 0 aliphatic heterocycles. The molecule has 0 heterocycles. The molecule has 0 bridgehead atoms. The van der Waals surface area contributed by atoms with E-state index in [-0.39, 0.29) is 5.02 Å². The maximum Gasteiger partial charge on any atom is 0.140 e. The van der Waals surface area contributed by atoms with Gasteiger partial charge in [0.15, 0.2) is 0 Å². The fraction of sp³-hybridized carbons (Fsp3) is 0.364. The highest BCUT2D eigenvalue weighted by Crippen LogP contribution is 2.33. The largest absolute Gasteiger partial charge is 0.301 e. The first kappa shape index (κ1) is 13.0. The topological polar surface area (TPSA) is 46.2 Å². The Balaban J connectivity index is 2.20. The third kappa shape index (κ3) is 2.55. The molecule has 6 heteroatoms. The first-order chi connectivity index (χ1) is 8.08. The third-order valence-corrected chi connectivity index (χ3v) is 5.15. The Bertz CT molecular complexity index is 475. The summed E-state index contributed by atoms with van der Waals surface area (Å²) in [4.78, 5) is 11.4. The second-order valence-corrected chi connectivity index (χ2v) is 6.02. The maximum atomic E-state index is 12.1.